The standard InChI is InChI=1S/C18H21ClN4O5/c1-11-7-16(17(28-2)9-13(11)19)22-18(25)10-21-15-8-12(23(26)27)3-4-14(15)20-5-6-24/h3-4,7-9,20-21,24H,5-6,10H2,1-2H3,(H,22,25). The van der Waals surface area contributed by atoms with E-state index in [0.717, 1.165) is 5.56 Å². The molecule has 0 atom stereocenters. The third kappa shape index (κ3) is 5.48. The van der Waals surface area contributed by atoms with Crippen LogP contribution >= 0.6 is 11.6 Å². The topological polar surface area (TPSA) is 126 Å². The van der Waals surface area contributed by atoms with Crippen molar-refractivity contribution in [1.29, 1.82) is 0 Å². The fourth-order valence-electron chi connectivity index (χ4n) is 2.44. The first-order chi connectivity index (χ1) is 13.3. The van der Waals surface area contributed by atoms with E-state index in [1.165, 1.54) is 25.3 Å². The third-order valence-electron chi connectivity index (χ3n) is 3.84. The van der Waals surface area contributed by atoms with Crippen molar-refractivity contribution in [2.75, 3.05) is 42.8 Å². The van der Waals surface area contributed by atoms with Gasteiger partial charge in [0.15, 0.2) is 0 Å². The number of non-ortho nitro benzene ring substituents is 1. The molecule has 28 heavy (non-hydrogen) atoms. The van der Waals surface area contributed by atoms with Crippen LogP contribution in [0.3, 0.4) is 0 Å². The summed E-state index contributed by atoms with van der Waals surface area (Å²) in [4.78, 5) is 22.8. The van der Waals surface area contributed by atoms with Gasteiger partial charge in [-0.15, -0.1) is 0 Å². The van der Waals surface area contributed by atoms with Gasteiger partial charge in [-0.25, -0.2) is 0 Å². The van der Waals surface area contributed by atoms with Crippen LogP contribution in [0.25, 0.3) is 0 Å². The molecular weight excluding hydrogens is 388 g/mol. The lowest BCUT2D eigenvalue weighted by molar-refractivity contribution is -0.384. The van der Waals surface area contributed by atoms with E-state index < -0.39 is 4.92 Å². The number of amides is 1. The Morgan fingerprint density at radius 1 is 1.21 bits per heavy atom. The van der Waals surface area contributed by atoms with Crippen LogP contribution in [0.1, 0.15) is 5.56 Å². The average molecular weight is 409 g/mol. The molecule has 0 aliphatic carbocycles. The summed E-state index contributed by atoms with van der Waals surface area (Å²) in [6, 6.07) is 7.48. The van der Waals surface area contributed by atoms with Crippen molar-refractivity contribution < 1.29 is 19.6 Å². The molecule has 0 fully saturated rings. The predicted molar refractivity (Wildman–Crippen MR) is 109 cm³/mol. The van der Waals surface area contributed by atoms with Crippen LogP contribution in [0, 0.1) is 17.0 Å². The highest BCUT2D eigenvalue weighted by atomic mass is 35.5. The number of aliphatic hydroxyl groups is 1. The Bertz CT molecular complexity index is 875. The van der Waals surface area contributed by atoms with E-state index in [4.69, 9.17) is 21.4 Å². The summed E-state index contributed by atoms with van der Waals surface area (Å²) in [7, 11) is 1.47. The first-order valence-electron chi connectivity index (χ1n) is 8.36. The number of nitrogens with one attached hydrogen (secondary N) is 3. The van der Waals surface area contributed by atoms with Crippen molar-refractivity contribution >= 4 is 40.3 Å². The van der Waals surface area contributed by atoms with Crippen molar-refractivity contribution in [3.63, 3.8) is 0 Å². The maximum atomic E-state index is 12.3. The van der Waals surface area contributed by atoms with E-state index in [9.17, 15) is 14.9 Å². The second kappa shape index (κ2) is 9.77. The molecule has 2 rings (SSSR count). The number of ether oxygens (including phenoxy) is 1. The predicted octanol–water partition coefficient (Wildman–Crippen LogP) is 3.02. The second-order valence-corrected chi connectivity index (χ2v) is 6.25. The van der Waals surface area contributed by atoms with Gasteiger partial charge in [0.1, 0.15) is 5.75 Å². The summed E-state index contributed by atoms with van der Waals surface area (Å²) >= 11 is 6.06. The fourth-order valence-corrected chi connectivity index (χ4v) is 2.59. The molecule has 0 unspecified atom stereocenters. The number of rotatable bonds is 9. The third-order valence-corrected chi connectivity index (χ3v) is 4.24. The number of carbonyl (C=O) groups excluding carboxylic acids is 1. The van der Waals surface area contributed by atoms with Crippen LogP contribution in [0.5, 0.6) is 5.75 Å². The highest BCUT2D eigenvalue weighted by Gasteiger charge is 2.14. The van der Waals surface area contributed by atoms with Crippen LogP contribution in [-0.4, -0.2) is 42.7 Å². The fraction of sp³-hybridized carbons (Fsp3) is 0.278. The summed E-state index contributed by atoms with van der Waals surface area (Å²) < 4.78 is 5.22. The number of hydrogen-bond donors (Lipinski definition) is 4. The molecule has 1 amide bonds. The minimum Gasteiger partial charge on any atom is -0.495 e. The smallest absolute Gasteiger partial charge is 0.271 e. The molecule has 0 spiro atoms. The van der Waals surface area contributed by atoms with Crippen molar-refractivity contribution in [2.24, 2.45) is 0 Å². The van der Waals surface area contributed by atoms with E-state index in [2.05, 4.69) is 16.0 Å². The summed E-state index contributed by atoms with van der Waals surface area (Å²) in [6.45, 7) is 1.82. The Labute approximate surface area is 166 Å². The SMILES string of the molecule is COc1cc(Cl)c(C)cc1NC(=O)CNc1cc([N+](=O)[O-])ccc1NCCO. The molecule has 9 nitrogen and oxygen atoms in total. The molecule has 2 aromatic carbocycles. The molecular formula is C18H21ClN4O5. The monoisotopic (exact) mass is 408 g/mol. The Kier molecular flexibility index (Phi) is 7.42. The lowest BCUT2D eigenvalue weighted by atomic mass is 10.2. The average Bonchev–Trinajstić information content (AvgIpc) is 2.67. The van der Waals surface area contributed by atoms with Gasteiger partial charge in [0.25, 0.3) is 5.69 Å². The van der Waals surface area contributed by atoms with Gasteiger partial charge >= 0.3 is 0 Å². The number of aryl methyl sites for hydroxylation is 1. The van der Waals surface area contributed by atoms with E-state index in [1.807, 2.05) is 0 Å². The quantitative estimate of drug-likeness (QED) is 0.371. The van der Waals surface area contributed by atoms with Gasteiger partial charge in [-0.3, -0.25) is 14.9 Å². The van der Waals surface area contributed by atoms with E-state index >= 15 is 0 Å². The van der Waals surface area contributed by atoms with Gasteiger partial charge in [0.05, 0.1) is 42.2 Å². The van der Waals surface area contributed by atoms with Gasteiger partial charge in [0, 0.05) is 29.8 Å². The number of benzene rings is 2. The lowest BCUT2D eigenvalue weighted by Gasteiger charge is -2.15. The van der Waals surface area contributed by atoms with Crippen LogP contribution in [0.15, 0.2) is 30.3 Å². The normalized spacial score (nSPS) is 10.3. The molecule has 2 aromatic rings. The molecule has 0 bridgehead atoms. The Balaban J connectivity index is 2.12. The van der Waals surface area contributed by atoms with Crippen LogP contribution in [-0.2, 0) is 4.79 Å². The molecule has 0 aromatic heterocycles. The number of nitro groups is 1. The minimum atomic E-state index is -0.525. The maximum absolute atomic E-state index is 12.3. The van der Waals surface area contributed by atoms with Crippen LogP contribution < -0.4 is 20.7 Å². The van der Waals surface area contributed by atoms with E-state index in [-0.39, 0.29) is 31.3 Å². The molecule has 4 N–H and O–H groups in total. The zero-order valence-corrected chi connectivity index (χ0v) is 16.2. The highest BCUT2D eigenvalue weighted by molar-refractivity contribution is 6.31. The Morgan fingerprint density at radius 3 is 2.61 bits per heavy atom. The van der Waals surface area contributed by atoms with Crippen LogP contribution in [0.4, 0.5) is 22.7 Å². The molecule has 0 radical (unpaired) electrons. The first kappa shape index (κ1) is 21.3. The number of nitro benzene ring substituents is 1. The summed E-state index contributed by atoms with van der Waals surface area (Å²) in [5.41, 5.74) is 2.03. The summed E-state index contributed by atoms with van der Waals surface area (Å²) in [5.74, 6) is 0.0456. The van der Waals surface area contributed by atoms with E-state index in [0.29, 0.717) is 27.8 Å². The lowest BCUT2D eigenvalue weighted by Crippen LogP contribution is -2.22. The minimum absolute atomic E-state index is 0.105. The zero-order valence-electron chi connectivity index (χ0n) is 15.4. The molecule has 0 saturated heterocycles. The largest absolute Gasteiger partial charge is 0.495 e. The van der Waals surface area contributed by atoms with Crippen molar-refractivity contribution in [3.8, 4) is 5.75 Å². The molecule has 0 heterocycles. The summed E-state index contributed by atoms with van der Waals surface area (Å²) in [5, 5.41) is 29.0. The molecule has 10 heteroatoms. The number of anilines is 3. The summed E-state index contributed by atoms with van der Waals surface area (Å²) in [6.07, 6.45) is 0. The van der Waals surface area contributed by atoms with Gasteiger partial charge in [-0.2, -0.15) is 0 Å². The Morgan fingerprint density at radius 2 is 1.96 bits per heavy atom. The number of nitrogens with zero attached hydrogens (tertiary/aromatic N) is 1. The molecule has 0 aliphatic heterocycles. The number of hydrogen-bond acceptors (Lipinski definition) is 7. The number of carbonyl (C=O) groups is 1. The van der Waals surface area contributed by atoms with Gasteiger partial charge in [-0.05, 0) is 24.6 Å². The van der Waals surface area contributed by atoms with Crippen molar-refractivity contribution in [1.82, 2.24) is 0 Å². The second-order valence-electron chi connectivity index (χ2n) is 5.84. The van der Waals surface area contributed by atoms with Crippen LogP contribution in [0.2, 0.25) is 5.02 Å². The number of methoxy groups -OCH3 is 1. The number of halogens is 1. The van der Waals surface area contributed by atoms with Crippen molar-refractivity contribution in [2.45, 2.75) is 6.92 Å². The maximum Gasteiger partial charge on any atom is 0.271 e. The number of aliphatic hydroxyl groups excluding tert-OH is 1. The van der Waals surface area contributed by atoms with E-state index in [1.54, 1.807) is 19.1 Å². The highest BCUT2D eigenvalue weighted by Crippen LogP contribution is 2.31. The Hall–Kier alpha value is -3.04. The van der Waals surface area contributed by atoms with Gasteiger partial charge in [-0.1, -0.05) is 11.6 Å². The van der Waals surface area contributed by atoms with Crippen molar-refractivity contribution in [3.05, 3.63) is 51.0 Å². The molecule has 0 aliphatic rings. The zero-order chi connectivity index (χ0) is 20.7. The van der Waals surface area contributed by atoms with Gasteiger partial charge < -0.3 is 25.8 Å². The van der Waals surface area contributed by atoms with Gasteiger partial charge in [0.2, 0.25) is 5.91 Å². The molecule has 0 saturated carbocycles. The first-order valence-corrected chi connectivity index (χ1v) is 8.74. The molecule has 150 valence electrons.